The predicted octanol–water partition coefficient (Wildman–Crippen LogP) is 3.81. The molecular formula is C17H13ClN4O4S. The van der Waals surface area contributed by atoms with Crippen LogP contribution in [-0.2, 0) is 10.0 Å². The van der Waals surface area contributed by atoms with Crippen molar-refractivity contribution in [3.63, 3.8) is 0 Å². The van der Waals surface area contributed by atoms with Crippen molar-refractivity contribution in [1.82, 2.24) is 9.97 Å². The SMILES string of the molecule is Cc1nccc(-c2cccc(NS(=O)(=O)c3ccc(Cl)c([N+](=O)[O-])c3)c2)n1. The van der Waals surface area contributed by atoms with Gasteiger partial charge in [-0.25, -0.2) is 18.4 Å². The highest BCUT2D eigenvalue weighted by molar-refractivity contribution is 7.92. The van der Waals surface area contributed by atoms with Crippen molar-refractivity contribution < 1.29 is 13.3 Å². The summed E-state index contributed by atoms with van der Waals surface area (Å²) in [5.41, 5.74) is 1.15. The van der Waals surface area contributed by atoms with E-state index < -0.39 is 20.6 Å². The Labute approximate surface area is 160 Å². The van der Waals surface area contributed by atoms with E-state index in [4.69, 9.17) is 11.6 Å². The van der Waals surface area contributed by atoms with E-state index in [1.165, 1.54) is 12.1 Å². The summed E-state index contributed by atoms with van der Waals surface area (Å²) in [7, 11) is -4.04. The molecule has 0 fully saturated rings. The van der Waals surface area contributed by atoms with Gasteiger partial charge in [0.25, 0.3) is 15.7 Å². The van der Waals surface area contributed by atoms with Crippen LogP contribution in [0.25, 0.3) is 11.3 Å². The topological polar surface area (TPSA) is 115 Å². The van der Waals surface area contributed by atoms with Crippen molar-refractivity contribution >= 4 is 33.0 Å². The number of nitro groups is 1. The van der Waals surface area contributed by atoms with Crippen LogP contribution in [0.3, 0.4) is 0 Å². The summed E-state index contributed by atoms with van der Waals surface area (Å²) in [5, 5.41) is 10.8. The first-order valence-electron chi connectivity index (χ1n) is 7.63. The third-order valence-corrected chi connectivity index (χ3v) is 5.31. The second-order valence-electron chi connectivity index (χ2n) is 5.55. The lowest BCUT2D eigenvalue weighted by Gasteiger charge is -2.10. The molecule has 1 aromatic heterocycles. The smallest absolute Gasteiger partial charge is 0.280 e. The second kappa shape index (κ2) is 7.29. The number of benzene rings is 2. The number of aryl methyl sites for hydroxylation is 1. The van der Waals surface area contributed by atoms with Crippen molar-refractivity contribution in [3.8, 4) is 11.3 Å². The average Bonchev–Trinajstić information content (AvgIpc) is 2.61. The number of aromatic nitrogens is 2. The molecule has 2 aromatic carbocycles. The molecule has 27 heavy (non-hydrogen) atoms. The molecule has 0 unspecified atom stereocenters. The zero-order chi connectivity index (χ0) is 19.6. The predicted molar refractivity (Wildman–Crippen MR) is 101 cm³/mol. The summed E-state index contributed by atoms with van der Waals surface area (Å²) in [6.45, 7) is 1.75. The van der Waals surface area contributed by atoms with Crippen LogP contribution in [0, 0.1) is 17.0 Å². The minimum Gasteiger partial charge on any atom is -0.280 e. The molecule has 3 rings (SSSR count). The maximum atomic E-state index is 12.6. The standard InChI is InChI=1S/C17H13ClN4O4S/c1-11-19-8-7-16(20-11)12-3-2-4-13(9-12)21-27(25,26)14-5-6-15(18)17(10-14)22(23)24/h2-10,21H,1H3. The number of rotatable bonds is 5. The van der Waals surface area contributed by atoms with E-state index in [9.17, 15) is 18.5 Å². The van der Waals surface area contributed by atoms with E-state index in [0.717, 1.165) is 6.07 Å². The van der Waals surface area contributed by atoms with Gasteiger partial charge in [0.2, 0.25) is 0 Å². The Kier molecular flexibility index (Phi) is 5.06. The lowest BCUT2D eigenvalue weighted by Crippen LogP contribution is -2.13. The van der Waals surface area contributed by atoms with Crippen LogP contribution < -0.4 is 4.72 Å². The fourth-order valence-corrected chi connectivity index (χ4v) is 3.63. The minimum atomic E-state index is -4.04. The normalized spacial score (nSPS) is 11.2. The number of nitro benzene ring substituents is 1. The number of hydrogen-bond donors (Lipinski definition) is 1. The van der Waals surface area contributed by atoms with E-state index in [2.05, 4.69) is 14.7 Å². The van der Waals surface area contributed by atoms with Gasteiger partial charge < -0.3 is 0 Å². The van der Waals surface area contributed by atoms with Crippen molar-refractivity contribution in [2.24, 2.45) is 0 Å². The molecule has 0 aliphatic heterocycles. The van der Waals surface area contributed by atoms with Crippen LogP contribution in [0.2, 0.25) is 5.02 Å². The Bertz CT molecular complexity index is 1140. The Hall–Kier alpha value is -3.04. The molecule has 138 valence electrons. The van der Waals surface area contributed by atoms with Crippen LogP contribution in [-0.4, -0.2) is 23.3 Å². The highest BCUT2D eigenvalue weighted by Crippen LogP contribution is 2.28. The summed E-state index contributed by atoms with van der Waals surface area (Å²) in [5.74, 6) is 0.590. The molecule has 0 amide bonds. The monoisotopic (exact) mass is 404 g/mol. The first kappa shape index (κ1) is 18.7. The van der Waals surface area contributed by atoms with Gasteiger partial charge in [-0.1, -0.05) is 23.7 Å². The third kappa shape index (κ3) is 4.21. The largest absolute Gasteiger partial charge is 0.289 e. The Morgan fingerprint density at radius 2 is 1.93 bits per heavy atom. The minimum absolute atomic E-state index is 0.139. The molecule has 0 atom stereocenters. The molecule has 0 radical (unpaired) electrons. The van der Waals surface area contributed by atoms with Crippen molar-refractivity contribution in [2.45, 2.75) is 11.8 Å². The van der Waals surface area contributed by atoms with Crippen molar-refractivity contribution in [1.29, 1.82) is 0 Å². The Morgan fingerprint density at radius 3 is 2.63 bits per heavy atom. The highest BCUT2D eigenvalue weighted by Gasteiger charge is 2.21. The van der Waals surface area contributed by atoms with Gasteiger partial charge in [0.1, 0.15) is 10.8 Å². The van der Waals surface area contributed by atoms with Gasteiger partial charge in [-0.15, -0.1) is 0 Å². The molecule has 10 heteroatoms. The van der Waals surface area contributed by atoms with Gasteiger partial charge in [-0.3, -0.25) is 14.8 Å². The molecule has 0 aliphatic carbocycles. The number of hydrogen-bond acceptors (Lipinski definition) is 6. The van der Waals surface area contributed by atoms with Crippen LogP contribution in [0.4, 0.5) is 11.4 Å². The summed E-state index contributed by atoms with van der Waals surface area (Å²) < 4.78 is 27.6. The summed E-state index contributed by atoms with van der Waals surface area (Å²) >= 11 is 5.73. The second-order valence-corrected chi connectivity index (χ2v) is 7.64. The van der Waals surface area contributed by atoms with E-state index in [1.54, 1.807) is 43.5 Å². The van der Waals surface area contributed by atoms with E-state index >= 15 is 0 Å². The third-order valence-electron chi connectivity index (χ3n) is 3.61. The lowest BCUT2D eigenvalue weighted by molar-refractivity contribution is -0.384. The molecule has 1 N–H and O–H groups in total. The summed E-state index contributed by atoms with van der Waals surface area (Å²) in [4.78, 5) is 18.3. The highest BCUT2D eigenvalue weighted by atomic mass is 35.5. The van der Waals surface area contributed by atoms with Gasteiger partial charge in [-0.05, 0) is 37.3 Å². The van der Waals surface area contributed by atoms with Gasteiger partial charge in [0.05, 0.1) is 15.5 Å². The molecule has 0 aliphatic rings. The van der Waals surface area contributed by atoms with Crippen molar-refractivity contribution in [3.05, 3.63) is 75.7 Å². The van der Waals surface area contributed by atoms with Crippen LogP contribution >= 0.6 is 11.6 Å². The summed E-state index contributed by atoms with van der Waals surface area (Å²) in [6.07, 6.45) is 1.61. The van der Waals surface area contributed by atoms with E-state index in [1.807, 2.05) is 0 Å². The van der Waals surface area contributed by atoms with Crippen LogP contribution in [0.5, 0.6) is 0 Å². The molecule has 8 nitrogen and oxygen atoms in total. The fraction of sp³-hybridized carbons (Fsp3) is 0.0588. The molecule has 0 saturated carbocycles. The Balaban J connectivity index is 1.94. The van der Waals surface area contributed by atoms with E-state index in [-0.39, 0.29) is 9.92 Å². The van der Waals surface area contributed by atoms with Gasteiger partial charge in [0, 0.05) is 23.5 Å². The van der Waals surface area contributed by atoms with Crippen molar-refractivity contribution in [2.75, 3.05) is 4.72 Å². The maximum Gasteiger partial charge on any atom is 0.289 e. The molecule has 0 spiro atoms. The lowest BCUT2D eigenvalue weighted by atomic mass is 10.1. The number of nitrogens with one attached hydrogen (secondary N) is 1. The summed E-state index contributed by atoms with van der Waals surface area (Å²) in [6, 6.07) is 11.7. The fourth-order valence-electron chi connectivity index (χ4n) is 2.37. The zero-order valence-electron chi connectivity index (χ0n) is 14.0. The van der Waals surface area contributed by atoms with Crippen LogP contribution in [0.15, 0.2) is 59.6 Å². The number of halogens is 1. The molecule has 1 heterocycles. The number of nitrogens with zero attached hydrogens (tertiary/aromatic N) is 3. The van der Waals surface area contributed by atoms with Gasteiger partial charge in [-0.2, -0.15) is 0 Å². The van der Waals surface area contributed by atoms with Gasteiger partial charge in [0.15, 0.2) is 0 Å². The number of anilines is 1. The number of sulfonamides is 1. The molecule has 0 saturated heterocycles. The maximum absolute atomic E-state index is 12.6. The quantitative estimate of drug-likeness (QED) is 0.510. The molecule has 0 bridgehead atoms. The first-order valence-corrected chi connectivity index (χ1v) is 9.49. The Morgan fingerprint density at radius 1 is 1.15 bits per heavy atom. The molecular weight excluding hydrogens is 392 g/mol. The zero-order valence-corrected chi connectivity index (χ0v) is 15.5. The van der Waals surface area contributed by atoms with Gasteiger partial charge >= 0.3 is 0 Å². The average molecular weight is 405 g/mol. The molecule has 3 aromatic rings. The van der Waals surface area contributed by atoms with E-state index in [0.29, 0.717) is 22.8 Å². The first-order chi connectivity index (χ1) is 12.8. The van der Waals surface area contributed by atoms with Crippen LogP contribution in [0.1, 0.15) is 5.82 Å².